The second kappa shape index (κ2) is 7.25. The third kappa shape index (κ3) is 4.21. The molecule has 0 bridgehead atoms. The lowest BCUT2D eigenvalue weighted by Gasteiger charge is -2.11. The fourth-order valence-corrected chi connectivity index (χ4v) is 1.44. The van der Waals surface area contributed by atoms with Gasteiger partial charge in [-0.25, -0.2) is 0 Å². The normalized spacial score (nSPS) is 10.4. The summed E-state index contributed by atoms with van der Waals surface area (Å²) in [5.41, 5.74) is 3.81. The Labute approximate surface area is 97.8 Å². The molecule has 0 saturated carbocycles. The average molecular weight is 223 g/mol. The van der Waals surface area contributed by atoms with Crippen molar-refractivity contribution < 1.29 is 9.47 Å². The molecule has 0 fully saturated rings. The van der Waals surface area contributed by atoms with Crippen molar-refractivity contribution in [2.75, 3.05) is 38.8 Å². The standard InChI is InChI=1S/C13H21NO2/c1-11-5-4-6-13(12(11)2)14-7-8-16-10-9-15-3/h4-6,14H,7-10H2,1-3H3. The van der Waals surface area contributed by atoms with Crippen molar-refractivity contribution in [3.63, 3.8) is 0 Å². The largest absolute Gasteiger partial charge is 0.383 e. The molecule has 0 aromatic heterocycles. The number of nitrogens with one attached hydrogen (secondary N) is 1. The summed E-state index contributed by atoms with van der Waals surface area (Å²) in [6.45, 7) is 7.10. The number of benzene rings is 1. The van der Waals surface area contributed by atoms with Crippen LogP contribution in [0, 0.1) is 13.8 Å². The van der Waals surface area contributed by atoms with Crippen LogP contribution in [0.1, 0.15) is 11.1 Å². The molecule has 3 nitrogen and oxygen atoms in total. The van der Waals surface area contributed by atoms with Gasteiger partial charge in [-0.1, -0.05) is 12.1 Å². The highest BCUT2D eigenvalue weighted by Crippen LogP contribution is 2.17. The SMILES string of the molecule is COCCOCCNc1cccc(C)c1C. The number of hydrogen-bond acceptors (Lipinski definition) is 3. The Morgan fingerprint density at radius 1 is 1.12 bits per heavy atom. The van der Waals surface area contributed by atoms with Crippen LogP contribution in [0.5, 0.6) is 0 Å². The Balaban J connectivity index is 2.24. The highest BCUT2D eigenvalue weighted by Gasteiger charge is 1.98. The highest BCUT2D eigenvalue weighted by atomic mass is 16.5. The molecule has 1 aromatic rings. The molecule has 1 N–H and O–H groups in total. The molecule has 0 aliphatic carbocycles. The van der Waals surface area contributed by atoms with Gasteiger partial charge in [0.1, 0.15) is 0 Å². The maximum atomic E-state index is 5.38. The molecule has 3 heteroatoms. The first kappa shape index (κ1) is 13.0. The van der Waals surface area contributed by atoms with Gasteiger partial charge in [-0.2, -0.15) is 0 Å². The van der Waals surface area contributed by atoms with Gasteiger partial charge in [-0.3, -0.25) is 0 Å². The van der Waals surface area contributed by atoms with E-state index in [4.69, 9.17) is 9.47 Å². The van der Waals surface area contributed by atoms with E-state index >= 15 is 0 Å². The van der Waals surface area contributed by atoms with Crippen LogP contribution in [-0.4, -0.2) is 33.5 Å². The van der Waals surface area contributed by atoms with Crippen molar-refractivity contribution in [3.8, 4) is 0 Å². The summed E-state index contributed by atoms with van der Waals surface area (Å²) >= 11 is 0. The van der Waals surface area contributed by atoms with Gasteiger partial charge in [0.25, 0.3) is 0 Å². The van der Waals surface area contributed by atoms with Gasteiger partial charge in [0, 0.05) is 19.3 Å². The number of methoxy groups -OCH3 is 1. The van der Waals surface area contributed by atoms with Gasteiger partial charge in [0.15, 0.2) is 0 Å². The smallest absolute Gasteiger partial charge is 0.0701 e. The summed E-state index contributed by atoms with van der Waals surface area (Å²) in [7, 11) is 1.68. The summed E-state index contributed by atoms with van der Waals surface area (Å²) < 4.78 is 10.3. The van der Waals surface area contributed by atoms with E-state index in [0.717, 1.165) is 6.54 Å². The Bertz CT molecular complexity index is 313. The van der Waals surface area contributed by atoms with E-state index in [0.29, 0.717) is 19.8 Å². The average Bonchev–Trinajstić information content (AvgIpc) is 2.29. The summed E-state index contributed by atoms with van der Waals surface area (Å²) in [4.78, 5) is 0. The lowest BCUT2D eigenvalue weighted by Crippen LogP contribution is -2.12. The molecule has 0 saturated heterocycles. The van der Waals surface area contributed by atoms with Gasteiger partial charge in [0.05, 0.1) is 19.8 Å². The van der Waals surface area contributed by atoms with Crippen LogP contribution in [0.4, 0.5) is 5.69 Å². The first-order chi connectivity index (χ1) is 7.75. The number of rotatable bonds is 7. The van der Waals surface area contributed by atoms with E-state index in [-0.39, 0.29) is 0 Å². The maximum Gasteiger partial charge on any atom is 0.0701 e. The summed E-state index contributed by atoms with van der Waals surface area (Å²) in [5, 5.41) is 3.36. The molecular weight excluding hydrogens is 202 g/mol. The second-order valence-electron chi connectivity index (χ2n) is 3.78. The molecule has 0 unspecified atom stereocenters. The zero-order valence-electron chi connectivity index (χ0n) is 10.4. The molecule has 16 heavy (non-hydrogen) atoms. The van der Waals surface area contributed by atoms with Crippen LogP contribution in [0.25, 0.3) is 0 Å². The van der Waals surface area contributed by atoms with Crippen LogP contribution >= 0.6 is 0 Å². The molecule has 90 valence electrons. The third-order valence-corrected chi connectivity index (χ3v) is 2.60. The summed E-state index contributed by atoms with van der Waals surface area (Å²) in [6, 6.07) is 6.28. The molecule has 0 spiro atoms. The number of aryl methyl sites for hydroxylation is 1. The zero-order chi connectivity index (χ0) is 11.8. The quantitative estimate of drug-likeness (QED) is 0.720. The van der Waals surface area contributed by atoms with E-state index < -0.39 is 0 Å². The minimum Gasteiger partial charge on any atom is -0.383 e. The second-order valence-corrected chi connectivity index (χ2v) is 3.78. The number of ether oxygens (including phenoxy) is 2. The molecule has 1 aromatic carbocycles. The van der Waals surface area contributed by atoms with Gasteiger partial charge in [-0.05, 0) is 31.0 Å². The van der Waals surface area contributed by atoms with Gasteiger partial charge in [-0.15, -0.1) is 0 Å². The molecule has 0 atom stereocenters. The van der Waals surface area contributed by atoms with Crippen LogP contribution in [0.3, 0.4) is 0 Å². The minimum absolute atomic E-state index is 0.656. The first-order valence-electron chi connectivity index (χ1n) is 5.62. The molecule has 0 aliphatic heterocycles. The lowest BCUT2D eigenvalue weighted by molar-refractivity contribution is 0.0759. The van der Waals surface area contributed by atoms with Gasteiger partial charge < -0.3 is 14.8 Å². The van der Waals surface area contributed by atoms with Crippen molar-refractivity contribution >= 4 is 5.69 Å². The first-order valence-corrected chi connectivity index (χ1v) is 5.62. The predicted molar refractivity (Wildman–Crippen MR) is 67.1 cm³/mol. The number of hydrogen-bond donors (Lipinski definition) is 1. The fraction of sp³-hybridized carbons (Fsp3) is 0.538. The molecule has 0 radical (unpaired) electrons. The van der Waals surface area contributed by atoms with E-state index in [1.54, 1.807) is 7.11 Å². The molecule has 0 aliphatic rings. The van der Waals surface area contributed by atoms with E-state index in [2.05, 4.69) is 37.4 Å². The van der Waals surface area contributed by atoms with Crippen molar-refractivity contribution in [3.05, 3.63) is 29.3 Å². The van der Waals surface area contributed by atoms with Crippen LogP contribution in [-0.2, 0) is 9.47 Å². The predicted octanol–water partition coefficient (Wildman–Crippen LogP) is 2.38. The third-order valence-electron chi connectivity index (χ3n) is 2.60. The van der Waals surface area contributed by atoms with E-state index in [1.165, 1.54) is 16.8 Å². The molecule has 0 heterocycles. The Morgan fingerprint density at radius 2 is 1.94 bits per heavy atom. The van der Waals surface area contributed by atoms with E-state index in [1.807, 2.05) is 0 Å². The summed E-state index contributed by atoms with van der Waals surface area (Å²) in [5.74, 6) is 0. The highest BCUT2D eigenvalue weighted by molar-refractivity contribution is 5.53. The molecular formula is C13H21NO2. The van der Waals surface area contributed by atoms with E-state index in [9.17, 15) is 0 Å². The lowest BCUT2D eigenvalue weighted by atomic mass is 10.1. The van der Waals surface area contributed by atoms with Crippen LogP contribution in [0.15, 0.2) is 18.2 Å². The zero-order valence-corrected chi connectivity index (χ0v) is 10.4. The van der Waals surface area contributed by atoms with Gasteiger partial charge >= 0.3 is 0 Å². The summed E-state index contributed by atoms with van der Waals surface area (Å²) in [6.07, 6.45) is 0. The van der Waals surface area contributed by atoms with Crippen molar-refractivity contribution in [1.82, 2.24) is 0 Å². The minimum atomic E-state index is 0.656. The maximum absolute atomic E-state index is 5.38. The Morgan fingerprint density at radius 3 is 2.69 bits per heavy atom. The van der Waals surface area contributed by atoms with Crippen molar-refractivity contribution in [2.24, 2.45) is 0 Å². The molecule has 1 rings (SSSR count). The van der Waals surface area contributed by atoms with Crippen molar-refractivity contribution in [2.45, 2.75) is 13.8 Å². The van der Waals surface area contributed by atoms with Crippen molar-refractivity contribution in [1.29, 1.82) is 0 Å². The topological polar surface area (TPSA) is 30.5 Å². The molecule has 0 amide bonds. The monoisotopic (exact) mass is 223 g/mol. The fourth-order valence-electron chi connectivity index (χ4n) is 1.44. The van der Waals surface area contributed by atoms with Crippen LogP contribution < -0.4 is 5.32 Å². The Hall–Kier alpha value is -1.06. The number of anilines is 1. The van der Waals surface area contributed by atoms with Gasteiger partial charge in [0.2, 0.25) is 0 Å². The van der Waals surface area contributed by atoms with Crippen LogP contribution in [0.2, 0.25) is 0 Å². The Kier molecular flexibility index (Phi) is 5.90.